The van der Waals surface area contributed by atoms with Gasteiger partial charge in [-0.1, -0.05) is 5.16 Å². The van der Waals surface area contributed by atoms with Crippen LogP contribution in [-0.4, -0.2) is 10.1 Å². The lowest BCUT2D eigenvalue weighted by Gasteiger charge is -1.87. The predicted octanol–water partition coefficient (Wildman–Crippen LogP) is 1.10. The SMILES string of the molecule is Cc1ccoc1-c1nc(CN)no1. The summed E-state index contributed by atoms with van der Waals surface area (Å²) in [6.07, 6.45) is 1.58. The van der Waals surface area contributed by atoms with E-state index >= 15 is 0 Å². The lowest BCUT2D eigenvalue weighted by atomic mass is 10.3. The quantitative estimate of drug-likeness (QED) is 0.746. The van der Waals surface area contributed by atoms with Crippen LogP contribution in [0.1, 0.15) is 11.4 Å². The third-order valence-electron chi connectivity index (χ3n) is 1.71. The van der Waals surface area contributed by atoms with Crippen molar-refractivity contribution in [2.24, 2.45) is 5.73 Å². The van der Waals surface area contributed by atoms with Gasteiger partial charge in [0, 0.05) is 5.56 Å². The van der Waals surface area contributed by atoms with Crippen LogP contribution in [0.25, 0.3) is 11.7 Å². The molecule has 0 radical (unpaired) electrons. The highest BCUT2D eigenvalue weighted by atomic mass is 16.5. The minimum absolute atomic E-state index is 0.267. The van der Waals surface area contributed by atoms with Crippen molar-refractivity contribution in [2.75, 3.05) is 0 Å². The van der Waals surface area contributed by atoms with Crippen molar-refractivity contribution in [2.45, 2.75) is 13.5 Å². The molecular weight excluding hydrogens is 170 g/mol. The summed E-state index contributed by atoms with van der Waals surface area (Å²) in [4.78, 5) is 4.04. The van der Waals surface area contributed by atoms with Crippen molar-refractivity contribution in [3.8, 4) is 11.7 Å². The fourth-order valence-corrected chi connectivity index (χ4v) is 1.02. The molecule has 0 saturated heterocycles. The highest BCUT2D eigenvalue weighted by Gasteiger charge is 2.12. The molecule has 0 saturated carbocycles. The number of nitrogens with two attached hydrogens (primary N) is 1. The molecule has 0 atom stereocenters. The number of hydrogen-bond acceptors (Lipinski definition) is 5. The Morgan fingerprint density at radius 3 is 2.92 bits per heavy atom. The Kier molecular flexibility index (Phi) is 1.86. The standard InChI is InChI=1S/C8H9N3O2/c1-5-2-3-12-7(5)8-10-6(4-9)11-13-8/h2-3H,4,9H2,1H3. The first-order valence-corrected chi connectivity index (χ1v) is 3.88. The first-order valence-electron chi connectivity index (χ1n) is 3.88. The molecule has 0 fully saturated rings. The topological polar surface area (TPSA) is 78.1 Å². The Morgan fingerprint density at radius 2 is 2.38 bits per heavy atom. The molecule has 0 aliphatic rings. The molecule has 2 rings (SSSR count). The molecule has 5 nitrogen and oxygen atoms in total. The van der Waals surface area contributed by atoms with Gasteiger partial charge in [-0.15, -0.1) is 0 Å². The smallest absolute Gasteiger partial charge is 0.293 e. The zero-order chi connectivity index (χ0) is 9.26. The first kappa shape index (κ1) is 8.00. The van der Waals surface area contributed by atoms with E-state index in [1.165, 1.54) is 0 Å². The molecule has 0 aromatic carbocycles. The lowest BCUT2D eigenvalue weighted by molar-refractivity contribution is 0.409. The van der Waals surface area contributed by atoms with Crippen LogP contribution in [-0.2, 0) is 6.54 Å². The molecule has 0 amide bonds. The van der Waals surface area contributed by atoms with Crippen molar-refractivity contribution < 1.29 is 8.94 Å². The van der Waals surface area contributed by atoms with E-state index in [1.807, 2.05) is 13.0 Å². The molecule has 0 aliphatic carbocycles. The van der Waals surface area contributed by atoms with Crippen LogP contribution in [0.4, 0.5) is 0 Å². The predicted molar refractivity (Wildman–Crippen MR) is 44.6 cm³/mol. The molecule has 13 heavy (non-hydrogen) atoms. The largest absolute Gasteiger partial charge is 0.459 e. The van der Waals surface area contributed by atoms with Gasteiger partial charge in [0.25, 0.3) is 5.89 Å². The van der Waals surface area contributed by atoms with Crippen LogP contribution in [0.2, 0.25) is 0 Å². The molecule has 68 valence electrons. The van der Waals surface area contributed by atoms with Crippen LogP contribution >= 0.6 is 0 Å². The van der Waals surface area contributed by atoms with E-state index in [0.29, 0.717) is 17.5 Å². The summed E-state index contributed by atoms with van der Waals surface area (Å²) in [6.45, 7) is 2.18. The van der Waals surface area contributed by atoms with Crippen LogP contribution in [0.5, 0.6) is 0 Å². The van der Waals surface area contributed by atoms with E-state index in [1.54, 1.807) is 6.26 Å². The maximum atomic E-state index is 5.34. The fourth-order valence-electron chi connectivity index (χ4n) is 1.02. The van der Waals surface area contributed by atoms with Gasteiger partial charge in [0.15, 0.2) is 11.6 Å². The molecule has 2 aromatic rings. The van der Waals surface area contributed by atoms with Gasteiger partial charge in [0.2, 0.25) is 0 Å². The van der Waals surface area contributed by atoms with Crippen molar-refractivity contribution in [1.82, 2.24) is 10.1 Å². The van der Waals surface area contributed by atoms with E-state index in [0.717, 1.165) is 5.56 Å². The summed E-state index contributed by atoms with van der Waals surface area (Å²) >= 11 is 0. The van der Waals surface area contributed by atoms with Crippen LogP contribution in [0.3, 0.4) is 0 Å². The number of nitrogens with zero attached hydrogens (tertiary/aromatic N) is 2. The zero-order valence-electron chi connectivity index (χ0n) is 7.15. The lowest BCUT2D eigenvalue weighted by Crippen LogP contribution is -1.97. The Morgan fingerprint density at radius 1 is 1.54 bits per heavy atom. The third kappa shape index (κ3) is 1.33. The van der Waals surface area contributed by atoms with Crippen molar-refractivity contribution in [1.29, 1.82) is 0 Å². The maximum Gasteiger partial charge on any atom is 0.293 e. The summed E-state index contributed by atoms with van der Waals surface area (Å²) in [5.74, 6) is 1.46. The number of hydrogen-bond donors (Lipinski definition) is 1. The average Bonchev–Trinajstić information content (AvgIpc) is 2.71. The Bertz CT molecular complexity index is 405. The van der Waals surface area contributed by atoms with Gasteiger partial charge in [-0.25, -0.2) is 0 Å². The number of furan rings is 1. The molecular formula is C8H9N3O2. The molecule has 0 bridgehead atoms. The van der Waals surface area contributed by atoms with Gasteiger partial charge in [-0.05, 0) is 13.0 Å². The molecule has 0 aliphatic heterocycles. The second-order valence-electron chi connectivity index (χ2n) is 2.65. The van der Waals surface area contributed by atoms with E-state index in [9.17, 15) is 0 Å². The molecule has 0 unspecified atom stereocenters. The summed E-state index contributed by atoms with van der Waals surface area (Å²) in [5.41, 5.74) is 6.30. The minimum Gasteiger partial charge on any atom is -0.459 e. The summed E-state index contributed by atoms with van der Waals surface area (Å²) in [5, 5.41) is 3.66. The summed E-state index contributed by atoms with van der Waals surface area (Å²) in [7, 11) is 0. The second-order valence-corrected chi connectivity index (χ2v) is 2.65. The monoisotopic (exact) mass is 179 g/mol. The van der Waals surface area contributed by atoms with E-state index in [-0.39, 0.29) is 6.54 Å². The van der Waals surface area contributed by atoms with Gasteiger partial charge in [0.05, 0.1) is 12.8 Å². The van der Waals surface area contributed by atoms with Gasteiger partial charge in [-0.2, -0.15) is 4.98 Å². The van der Waals surface area contributed by atoms with E-state index in [2.05, 4.69) is 10.1 Å². The molecule has 2 heterocycles. The first-order chi connectivity index (χ1) is 6.31. The second kappa shape index (κ2) is 3.02. The normalized spacial score (nSPS) is 10.6. The Hall–Kier alpha value is -1.62. The van der Waals surface area contributed by atoms with Gasteiger partial charge in [0.1, 0.15) is 0 Å². The Labute approximate surface area is 74.5 Å². The summed E-state index contributed by atoms with van der Waals surface area (Å²) < 4.78 is 10.1. The van der Waals surface area contributed by atoms with E-state index in [4.69, 9.17) is 14.7 Å². The third-order valence-corrected chi connectivity index (χ3v) is 1.71. The van der Waals surface area contributed by atoms with Crippen LogP contribution < -0.4 is 5.73 Å². The Balaban J connectivity index is 2.41. The average molecular weight is 179 g/mol. The van der Waals surface area contributed by atoms with Crippen molar-refractivity contribution in [3.05, 3.63) is 23.7 Å². The number of aryl methyl sites for hydroxylation is 1. The van der Waals surface area contributed by atoms with Crippen LogP contribution in [0, 0.1) is 6.92 Å². The van der Waals surface area contributed by atoms with Gasteiger partial charge in [-0.3, -0.25) is 0 Å². The highest BCUT2D eigenvalue weighted by Crippen LogP contribution is 2.21. The van der Waals surface area contributed by atoms with Crippen molar-refractivity contribution in [3.63, 3.8) is 0 Å². The van der Waals surface area contributed by atoms with Crippen molar-refractivity contribution >= 4 is 0 Å². The van der Waals surface area contributed by atoms with E-state index < -0.39 is 0 Å². The summed E-state index contributed by atoms with van der Waals surface area (Å²) in [6, 6.07) is 1.83. The highest BCUT2D eigenvalue weighted by molar-refractivity contribution is 5.49. The van der Waals surface area contributed by atoms with Gasteiger partial charge >= 0.3 is 0 Å². The van der Waals surface area contributed by atoms with Crippen LogP contribution in [0.15, 0.2) is 21.3 Å². The number of rotatable bonds is 2. The molecule has 5 heteroatoms. The molecule has 0 spiro atoms. The zero-order valence-corrected chi connectivity index (χ0v) is 7.15. The number of aromatic nitrogens is 2. The maximum absolute atomic E-state index is 5.34. The molecule has 2 aromatic heterocycles. The molecule has 2 N–H and O–H groups in total. The van der Waals surface area contributed by atoms with Gasteiger partial charge < -0.3 is 14.7 Å². The minimum atomic E-state index is 0.267. The fraction of sp³-hybridized carbons (Fsp3) is 0.250.